The number of rotatable bonds is 8. The Bertz CT molecular complexity index is 905. The molecular formula is C22H22BrCl2NO2. The topological polar surface area (TPSA) is 30.5 Å². The van der Waals surface area contributed by atoms with E-state index in [9.17, 15) is 0 Å². The second-order valence-electron chi connectivity index (χ2n) is 6.05. The van der Waals surface area contributed by atoms with Crippen molar-refractivity contribution in [1.82, 2.24) is 5.32 Å². The van der Waals surface area contributed by atoms with Gasteiger partial charge in [-0.3, -0.25) is 0 Å². The molecule has 3 aromatic carbocycles. The highest BCUT2D eigenvalue weighted by Gasteiger charge is 2.08. The normalized spacial score (nSPS) is 10.2. The van der Waals surface area contributed by atoms with Gasteiger partial charge in [0.25, 0.3) is 0 Å². The molecule has 0 heterocycles. The fraction of sp³-hybridized carbons (Fsp3) is 0.182. The highest BCUT2D eigenvalue weighted by Crippen LogP contribution is 2.26. The third kappa shape index (κ3) is 6.14. The lowest BCUT2D eigenvalue weighted by Gasteiger charge is -2.14. The number of methoxy groups -OCH3 is 1. The van der Waals surface area contributed by atoms with Crippen LogP contribution in [0.4, 0.5) is 0 Å². The molecule has 3 aromatic rings. The van der Waals surface area contributed by atoms with Crippen LogP contribution in [0.1, 0.15) is 16.7 Å². The molecular weight excluding hydrogens is 461 g/mol. The van der Waals surface area contributed by atoms with Crippen molar-refractivity contribution in [2.75, 3.05) is 7.11 Å². The van der Waals surface area contributed by atoms with Gasteiger partial charge in [-0.15, -0.1) is 12.4 Å². The molecule has 28 heavy (non-hydrogen) atoms. The Hall–Kier alpha value is -1.72. The van der Waals surface area contributed by atoms with Crippen LogP contribution in [-0.2, 0) is 19.7 Å². The fourth-order valence-electron chi connectivity index (χ4n) is 2.78. The first-order valence-corrected chi connectivity index (χ1v) is 9.81. The van der Waals surface area contributed by atoms with Crippen molar-refractivity contribution in [3.63, 3.8) is 0 Å². The van der Waals surface area contributed by atoms with E-state index in [4.69, 9.17) is 21.1 Å². The molecule has 148 valence electrons. The van der Waals surface area contributed by atoms with E-state index in [2.05, 4.69) is 33.4 Å². The van der Waals surface area contributed by atoms with Gasteiger partial charge in [0.05, 0.1) is 7.11 Å². The molecule has 0 bridgehead atoms. The Morgan fingerprint density at radius 2 is 1.54 bits per heavy atom. The predicted octanol–water partition coefficient (Wildman–Crippen LogP) is 6.40. The smallest absolute Gasteiger partial charge is 0.124 e. The first-order valence-electron chi connectivity index (χ1n) is 8.64. The maximum atomic E-state index is 6.22. The zero-order valence-electron chi connectivity index (χ0n) is 15.5. The van der Waals surface area contributed by atoms with E-state index in [1.165, 1.54) is 0 Å². The molecule has 0 atom stereocenters. The van der Waals surface area contributed by atoms with E-state index in [0.717, 1.165) is 32.7 Å². The summed E-state index contributed by atoms with van der Waals surface area (Å²) in [7, 11) is 1.69. The molecule has 0 aliphatic carbocycles. The molecule has 0 radical (unpaired) electrons. The average molecular weight is 483 g/mol. The summed E-state index contributed by atoms with van der Waals surface area (Å²) in [5, 5.41) is 4.18. The number of benzene rings is 3. The van der Waals surface area contributed by atoms with Gasteiger partial charge in [-0.25, -0.2) is 0 Å². The van der Waals surface area contributed by atoms with Crippen molar-refractivity contribution >= 4 is 39.9 Å². The van der Waals surface area contributed by atoms with E-state index < -0.39 is 0 Å². The Morgan fingerprint density at radius 3 is 2.29 bits per heavy atom. The van der Waals surface area contributed by atoms with Crippen LogP contribution in [-0.4, -0.2) is 7.11 Å². The van der Waals surface area contributed by atoms with Crippen LogP contribution < -0.4 is 14.8 Å². The van der Waals surface area contributed by atoms with Crippen molar-refractivity contribution in [3.8, 4) is 11.5 Å². The van der Waals surface area contributed by atoms with Crippen molar-refractivity contribution in [1.29, 1.82) is 0 Å². The van der Waals surface area contributed by atoms with E-state index in [0.29, 0.717) is 24.7 Å². The summed E-state index contributed by atoms with van der Waals surface area (Å²) >= 11 is 9.76. The summed E-state index contributed by atoms with van der Waals surface area (Å²) in [6.45, 7) is 1.82. The van der Waals surface area contributed by atoms with Crippen LogP contribution in [0.3, 0.4) is 0 Å². The highest BCUT2D eigenvalue weighted by atomic mass is 79.9. The van der Waals surface area contributed by atoms with Crippen molar-refractivity contribution in [2.45, 2.75) is 19.7 Å². The van der Waals surface area contributed by atoms with Crippen LogP contribution in [0.5, 0.6) is 11.5 Å². The number of para-hydroxylation sites is 1. The van der Waals surface area contributed by atoms with Gasteiger partial charge in [-0.1, -0.05) is 63.9 Å². The van der Waals surface area contributed by atoms with Gasteiger partial charge in [-0.05, 0) is 30.3 Å². The molecule has 0 aliphatic rings. The van der Waals surface area contributed by atoms with Crippen molar-refractivity contribution < 1.29 is 9.47 Å². The first kappa shape index (κ1) is 22.6. The molecule has 0 aliphatic heterocycles. The van der Waals surface area contributed by atoms with Crippen LogP contribution in [0.2, 0.25) is 5.02 Å². The zero-order valence-corrected chi connectivity index (χ0v) is 18.6. The Labute approximate surface area is 185 Å². The summed E-state index contributed by atoms with van der Waals surface area (Å²) in [4.78, 5) is 0. The van der Waals surface area contributed by atoms with E-state index >= 15 is 0 Å². The summed E-state index contributed by atoms with van der Waals surface area (Å²) in [6.07, 6.45) is 0. The molecule has 0 saturated carbocycles. The SMILES string of the molecule is COc1ccccc1CNCc1cc(Br)ccc1OCc1ccccc1Cl.Cl. The third-order valence-electron chi connectivity index (χ3n) is 4.19. The molecule has 0 fully saturated rings. The maximum Gasteiger partial charge on any atom is 0.124 e. The zero-order chi connectivity index (χ0) is 19.1. The lowest BCUT2D eigenvalue weighted by atomic mass is 10.1. The Morgan fingerprint density at radius 1 is 0.857 bits per heavy atom. The van der Waals surface area contributed by atoms with Crippen LogP contribution in [0.25, 0.3) is 0 Å². The molecule has 1 N–H and O–H groups in total. The molecule has 3 nitrogen and oxygen atoms in total. The number of nitrogens with one attached hydrogen (secondary N) is 1. The van der Waals surface area contributed by atoms with Gasteiger partial charge in [0, 0.05) is 39.3 Å². The molecule has 0 spiro atoms. The van der Waals surface area contributed by atoms with E-state index in [1.54, 1.807) is 7.11 Å². The minimum atomic E-state index is 0. The standard InChI is InChI=1S/C22H21BrClNO2.ClH/c1-26-21-9-5-3-6-16(21)13-25-14-18-12-19(23)10-11-22(18)27-15-17-7-2-4-8-20(17)24;/h2-12,25H,13-15H2,1H3;1H. The fourth-order valence-corrected chi connectivity index (χ4v) is 3.38. The second kappa shape index (κ2) is 11.3. The average Bonchev–Trinajstić information content (AvgIpc) is 2.69. The maximum absolute atomic E-state index is 6.22. The lowest BCUT2D eigenvalue weighted by molar-refractivity contribution is 0.302. The van der Waals surface area contributed by atoms with Gasteiger partial charge in [0.2, 0.25) is 0 Å². The van der Waals surface area contributed by atoms with E-state index in [1.807, 2.05) is 54.6 Å². The van der Waals surface area contributed by atoms with Gasteiger partial charge in [-0.2, -0.15) is 0 Å². The Kier molecular flexibility index (Phi) is 9.13. The van der Waals surface area contributed by atoms with Crippen molar-refractivity contribution in [3.05, 3.63) is 92.9 Å². The molecule has 0 unspecified atom stereocenters. The minimum Gasteiger partial charge on any atom is -0.496 e. The van der Waals surface area contributed by atoms with Crippen LogP contribution >= 0.6 is 39.9 Å². The van der Waals surface area contributed by atoms with Gasteiger partial charge in [0.1, 0.15) is 18.1 Å². The van der Waals surface area contributed by atoms with Crippen LogP contribution in [0.15, 0.2) is 71.2 Å². The van der Waals surface area contributed by atoms with Crippen molar-refractivity contribution in [2.24, 2.45) is 0 Å². The van der Waals surface area contributed by atoms with Gasteiger partial charge < -0.3 is 14.8 Å². The Balaban J connectivity index is 0.00000280. The molecule has 0 saturated heterocycles. The first-order chi connectivity index (χ1) is 13.2. The number of hydrogen-bond acceptors (Lipinski definition) is 3. The molecule has 0 aromatic heterocycles. The summed E-state index contributed by atoms with van der Waals surface area (Å²) in [6, 6.07) is 21.7. The molecule has 3 rings (SSSR count). The summed E-state index contributed by atoms with van der Waals surface area (Å²) < 4.78 is 12.5. The predicted molar refractivity (Wildman–Crippen MR) is 121 cm³/mol. The molecule has 6 heteroatoms. The highest BCUT2D eigenvalue weighted by molar-refractivity contribution is 9.10. The van der Waals surface area contributed by atoms with Gasteiger partial charge >= 0.3 is 0 Å². The van der Waals surface area contributed by atoms with Gasteiger partial charge in [0.15, 0.2) is 0 Å². The minimum absolute atomic E-state index is 0. The second-order valence-corrected chi connectivity index (χ2v) is 7.37. The number of ether oxygens (including phenoxy) is 2. The van der Waals surface area contributed by atoms with E-state index in [-0.39, 0.29) is 12.4 Å². The summed E-state index contributed by atoms with van der Waals surface area (Å²) in [5.41, 5.74) is 3.16. The largest absolute Gasteiger partial charge is 0.496 e. The molecule has 0 amide bonds. The summed E-state index contributed by atoms with van der Waals surface area (Å²) in [5.74, 6) is 1.72. The monoisotopic (exact) mass is 481 g/mol. The number of halogens is 3. The lowest BCUT2D eigenvalue weighted by Crippen LogP contribution is -2.14. The third-order valence-corrected chi connectivity index (χ3v) is 5.05. The van der Waals surface area contributed by atoms with Crippen LogP contribution in [0, 0.1) is 0 Å². The number of hydrogen-bond donors (Lipinski definition) is 1. The quantitative estimate of drug-likeness (QED) is 0.402.